The van der Waals surface area contributed by atoms with Crippen LogP contribution < -0.4 is 19.6 Å². The van der Waals surface area contributed by atoms with Crippen molar-refractivity contribution in [2.45, 2.75) is 27.7 Å². The molecule has 0 amide bonds. The number of para-hydroxylation sites is 6. The zero-order valence-electron chi connectivity index (χ0n) is 45.7. The molecule has 0 bridgehead atoms. The highest BCUT2D eigenvalue weighted by Gasteiger charge is 2.21. The standard InChI is InChI=1S/C76H62N4/c1-55-51-61(39-47-73(55)77(65-23-11-5-12-24-65)66-25-13-6-14-26-66)63-41-49-75(57(3)53-63)79(69-31-19-9-20-32-69)71-43-35-59(36-44-71)60-37-45-72(46-38-60)80(70-33-21-10-22-34-70)76-50-42-64(54-58(76)4)62-40-48-74(56(2)52-62)78(67-27-15-7-16-28-67)68-29-17-8-18-30-68/h5-54H,1-4H3. The lowest BCUT2D eigenvalue weighted by atomic mass is 9.98. The van der Waals surface area contributed by atoms with Gasteiger partial charge in [0.1, 0.15) is 0 Å². The molecule has 0 fully saturated rings. The van der Waals surface area contributed by atoms with Gasteiger partial charge in [-0.3, -0.25) is 0 Å². The molecule has 0 N–H and O–H groups in total. The van der Waals surface area contributed by atoms with Gasteiger partial charge >= 0.3 is 0 Å². The Kier molecular flexibility index (Phi) is 14.4. The summed E-state index contributed by atoms with van der Waals surface area (Å²) in [6.45, 7) is 8.86. The minimum atomic E-state index is 1.09. The van der Waals surface area contributed by atoms with Crippen molar-refractivity contribution in [3.8, 4) is 33.4 Å². The summed E-state index contributed by atoms with van der Waals surface area (Å²) in [7, 11) is 0. The average molecular weight is 1030 g/mol. The van der Waals surface area contributed by atoms with Crippen molar-refractivity contribution in [3.05, 3.63) is 326 Å². The van der Waals surface area contributed by atoms with Crippen LogP contribution in [0.25, 0.3) is 33.4 Å². The SMILES string of the molecule is Cc1cc(-c2ccc(N(c3ccccc3)c3ccc(-c4ccc(N(c5ccccc5)c5ccc(-c6ccc(N(c7ccccc7)c7ccccc7)c(C)c6)cc5C)cc4)cc3)c(C)c2)ccc1N(c1ccccc1)c1ccccc1. The van der Waals surface area contributed by atoms with Crippen molar-refractivity contribution in [2.75, 3.05) is 19.6 Å². The van der Waals surface area contributed by atoms with Gasteiger partial charge in [0.05, 0.1) is 0 Å². The van der Waals surface area contributed by atoms with Crippen LogP contribution in [-0.2, 0) is 0 Å². The van der Waals surface area contributed by atoms with E-state index in [1.807, 2.05) is 0 Å². The predicted molar refractivity (Wildman–Crippen MR) is 340 cm³/mol. The van der Waals surface area contributed by atoms with Crippen LogP contribution in [0.5, 0.6) is 0 Å². The van der Waals surface area contributed by atoms with E-state index in [4.69, 9.17) is 0 Å². The molecule has 0 heterocycles. The summed E-state index contributed by atoms with van der Waals surface area (Å²) >= 11 is 0. The van der Waals surface area contributed by atoms with Gasteiger partial charge in [-0.25, -0.2) is 0 Å². The summed E-state index contributed by atoms with van der Waals surface area (Å²) in [4.78, 5) is 9.40. The van der Waals surface area contributed by atoms with Crippen molar-refractivity contribution in [2.24, 2.45) is 0 Å². The van der Waals surface area contributed by atoms with Gasteiger partial charge in [0.15, 0.2) is 0 Å². The Labute approximate surface area is 472 Å². The van der Waals surface area contributed by atoms with Crippen molar-refractivity contribution in [3.63, 3.8) is 0 Å². The lowest BCUT2D eigenvalue weighted by Crippen LogP contribution is -2.12. The molecule has 0 radical (unpaired) electrons. The van der Waals surface area contributed by atoms with Crippen LogP contribution in [0.1, 0.15) is 22.3 Å². The lowest BCUT2D eigenvalue weighted by Gasteiger charge is -2.28. The maximum atomic E-state index is 2.37. The molecule has 0 atom stereocenters. The van der Waals surface area contributed by atoms with E-state index in [0.29, 0.717) is 0 Å². The molecule has 0 aliphatic heterocycles. The van der Waals surface area contributed by atoms with E-state index in [0.717, 1.165) is 79.4 Å². The molecule has 0 spiro atoms. The molecular formula is C76H62N4. The van der Waals surface area contributed by atoms with Crippen molar-refractivity contribution < 1.29 is 0 Å². The van der Waals surface area contributed by atoms with Gasteiger partial charge in [0.25, 0.3) is 0 Å². The number of hydrogen-bond donors (Lipinski definition) is 0. The van der Waals surface area contributed by atoms with Crippen LogP contribution in [0.15, 0.2) is 303 Å². The van der Waals surface area contributed by atoms with Crippen molar-refractivity contribution in [1.29, 1.82) is 0 Å². The van der Waals surface area contributed by atoms with Crippen molar-refractivity contribution >= 4 is 68.2 Å². The van der Waals surface area contributed by atoms with E-state index >= 15 is 0 Å². The third-order valence-corrected chi connectivity index (χ3v) is 15.1. The Hall–Kier alpha value is -10.2. The fourth-order valence-corrected chi connectivity index (χ4v) is 11.1. The number of benzene rings is 12. The molecule has 4 nitrogen and oxygen atoms in total. The molecule has 386 valence electrons. The topological polar surface area (TPSA) is 13.0 Å². The monoisotopic (exact) mass is 1030 g/mol. The van der Waals surface area contributed by atoms with Crippen LogP contribution >= 0.6 is 0 Å². The van der Waals surface area contributed by atoms with Gasteiger partial charge in [-0.15, -0.1) is 0 Å². The molecule has 12 aromatic carbocycles. The van der Waals surface area contributed by atoms with Crippen LogP contribution in [-0.4, -0.2) is 0 Å². The molecule has 0 aliphatic rings. The van der Waals surface area contributed by atoms with Gasteiger partial charge in [0, 0.05) is 68.2 Å². The Balaban J connectivity index is 0.803. The highest BCUT2D eigenvalue weighted by atomic mass is 15.2. The van der Waals surface area contributed by atoms with Gasteiger partial charge in [-0.2, -0.15) is 0 Å². The number of aryl methyl sites for hydroxylation is 4. The van der Waals surface area contributed by atoms with Crippen LogP contribution in [0.2, 0.25) is 0 Å². The molecule has 80 heavy (non-hydrogen) atoms. The zero-order valence-corrected chi connectivity index (χ0v) is 45.7. The molecule has 0 saturated carbocycles. The third-order valence-electron chi connectivity index (χ3n) is 15.1. The quantitative estimate of drug-likeness (QED) is 0.101. The van der Waals surface area contributed by atoms with Gasteiger partial charge in [-0.05, 0) is 229 Å². The first-order valence-corrected chi connectivity index (χ1v) is 27.5. The van der Waals surface area contributed by atoms with E-state index < -0.39 is 0 Å². The lowest BCUT2D eigenvalue weighted by molar-refractivity contribution is 1.24. The second-order valence-electron chi connectivity index (χ2n) is 20.5. The number of anilines is 12. The van der Waals surface area contributed by atoms with Crippen molar-refractivity contribution in [1.82, 2.24) is 0 Å². The summed E-state index contributed by atoms with van der Waals surface area (Å²) in [6.07, 6.45) is 0. The predicted octanol–water partition coefficient (Wildman–Crippen LogP) is 21.8. The van der Waals surface area contributed by atoms with E-state index in [1.54, 1.807) is 0 Å². The van der Waals surface area contributed by atoms with Crippen LogP contribution in [0.4, 0.5) is 68.2 Å². The highest BCUT2D eigenvalue weighted by Crippen LogP contribution is 2.44. The first-order chi connectivity index (χ1) is 39.3. The Bertz CT molecular complexity index is 3670. The molecule has 12 rings (SSSR count). The third kappa shape index (κ3) is 10.5. The molecule has 0 saturated heterocycles. The highest BCUT2D eigenvalue weighted by molar-refractivity contribution is 5.87. The summed E-state index contributed by atoms with van der Waals surface area (Å²) < 4.78 is 0. The molecule has 12 aromatic rings. The van der Waals surface area contributed by atoms with E-state index in [1.165, 1.54) is 44.5 Å². The largest absolute Gasteiger partial charge is 0.310 e. The Morgan fingerprint density at radius 3 is 0.500 bits per heavy atom. The maximum Gasteiger partial charge on any atom is 0.0491 e. The van der Waals surface area contributed by atoms with E-state index in [2.05, 4.69) is 351 Å². The van der Waals surface area contributed by atoms with Gasteiger partial charge in [-0.1, -0.05) is 158 Å². The summed E-state index contributed by atoms with van der Waals surface area (Å²) in [5.41, 5.74) is 25.3. The smallest absolute Gasteiger partial charge is 0.0491 e. The Morgan fingerprint density at radius 2 is 0.325 bits per heavy atom. The van der Waals surface area contributed by atoms with Gasteiger partial charge < -0.3 is 19.6 Å². The molecule has 0 unspecified atom stereocenters. The fraction of sp³-hybridized carbons (Fsp3) is 0.0526. The van der Waals surface area contributed by atoms with E-state index in [9.17, 15) is 0 Å². The molecule has 0 aromatic heterocycles. The summed E-state index contributed by atoms with van der Waals surface area (Å²) in [5, 5.41) is 0. The molecular weight excluding hydrogens is 969 g/mol. The minimum absolute atomic E-state index is 1.09. The fourth-order valence-electron chi connectivity index (χ4n) is 11.1. The van der Waals surface area contributed by atoms with Crippen LogP contribution in [0.3, 0.4) is 0 Å². The van der Waals surface area contributed by atoms with E-state index in [-0.39, 0.29) is 0 Å². The van der Waals surface area contributed by atoms with Crippen LogP contribution in [0, 0.1) is 27.7 Å². The summed E-state index contributed by atoms with van der Waals surface area (Å²) in [6, 6.07) is 109. The zero-order chi connectivity index (χ0) is 54.4. The number of rotatable bonds is 15. The normalized spacial score (nSPS) is 11.0. The number of hydrogen-bond acceptors (Lipinski definition) is 4. The second-order valence-corrected chi connectivity index (χ2v) is 20.5. The Morgan fingerprint density at radius 1 is 0.163 bits per heavy atom. The first-order valence-electron chi connectivity index (χ1n) is 27.5. The maximum absolute atomic E-state index is 2.37. The molecule has 0 aliphatic carbocycles. The minimum Gasteiger partial charge on any atom is -0.310 e. The first kappa shape index (κ1) is 50.6. The second kappa shape index (κ2) is 22.8. The van der Waals surface area contributed by atoms with Gasteiger partial charge in [0.2, 0.25) is 0 Å². The average Bonchev–Trinajstić information content (AvgIpc) is 3.52. The number of nitrogens with zero attached hydrogens (tertiary/aromatic N) is 4. The summed E-state index contributed by atoms with van der Waals surface area (Å²) in [5.74, 6) is 0. The molecule has 4 heteroatoms.